The predicted octanol–water partition coefficient (Wildman–Crippen LogP) is 3.05. The molecule has 0 aliphatic rings. The van der Waals surface area contributed by atoms with Gasteiger partial charge < -0.3 is 14.0 Å². The molecule has 0 aromatic heterocycles. The van der Waals surface area contributed by atoms with Crippen LogP contribution in [0.25, 0.3) is 0 Å². The lowest BCUT2D eigenvalue weighted by molar-refractivity contribution is -0.151. The minimum Gasteiger partial charge on any atom is -0.460 e. The molecular formula is C12H25O4P. The summed E-state index contributed by atoms with van der Waals surface area (Å²) in [6, 6.07) is 0. The highest BCUT2D eigenvalue weighted by Crippen LogP contribution is 2.32. The van der Waals surface area contributed by atoms with Crippen LogP contribution in [0.4, 0.5) is 0 Å². The molecule has 0 heterocycles. The van der Waals surface area contributed by atoms with Gasteiger partial charge in [0.05, 0.1) is 11.8 Å². The summed E-state index contributed by atoms with van der Waals surface area (Å²) in [6.07, 6.45) is -0.0564. The van der Waals surface area contributed by atoms with Gasteiger partial charge in [-0.1, -0.05) is 0 Å². The van der Waals surface area contributed by atoms with Gasteiger partial charge >= 0.3 is 5.97 Å². The highest BCUT2D eigenvalue weighted by Gasteiger charge is 2.24. The molecule has 0 N–H and O–H groups in total. The van der Waals surface area contributed by atoms with Gasteiger partial charge in [0.1, 0.15) is 19.2 Å². The topological polar surface area (TPSA) is 52.6 Å². The molecule has 4 nitrogen and oxygen atoms in total. The Morgan fingerprint density at radius 3 is 1.94 bits per heavy atom. The SMILES string of the molecule is CC(OC(C)(C)C)[PH](=O)CC(=O)OC(C)(C)C. The molecule has 0 rings (SSSR count). The van der Waals surface area contributed by atoms with Crippen LogP contribution in [-0.2, 0) is 18.8 Å². The van der Waals surface area contributed by atoms with Crippen LogP contribution in [0.5, 0.6) is 0 Å². The molecule has 2 atom stereocenters. The molecule has 2 unspecified atom stereocenters. The van der Waals surface area contributed by atoms with E-state index in [4.69, 9.17) is 9.47 Å². The van der Waals surface area contributed by atoms with Gasteiger partial charge in [-0.25, -0.2) is 0 Å². The highest BCUT2D eigenvalue weighted by atomic mass is 31.1. The average Bonchev–Trinajstić information content (AvgIpc) is 1.95. The van der Waals surface area contributed by atoms with E-state index in [2.05, 4.69) is 0 Å². The standard InChI is InChI=1S/C12H25O4P/c1-9(15-11(2,3)4)17(14)8-10(13)16-12(5,6)7/h9,17H,8H2,1-7H3. The van der Waals surface area contributed by atoms with E-state index in [1.807, 2.05) is 20.8 Å². The molecule has 5 heteroatoms. The first kappa shape index (κ1) is 16.7. The summed E-state index contributed by atoms with van der Waals surface area (Å²) in [7, 11) is -2.12. The fourth-order valence-corrected chi connectivity index (χ4v) is 2.39. The Bertz CT molecular complexity index is 286. The first-order valence-corrected chi connectivity index (χ1v) is 7.52. The van der Waals surface area contributed by atoms with Crippen LogP contribution in [0.15, 0.2) is 0 Å². The number of ether oxygens (including phenoxy) is 2. The molecule has 0 fully saturated rings. The van der Waals surface area contributed by atoms with Crippen molar-refractivity contribution in [2.24, 2.45) is 0 Å². The number of carbonyl (C=O) groups is 1. The number of rotatable bonds is 4. The minimum atomic E-state index is -2.12. The number of hydrogen-bond acceptors (Lipinski definition) is 4. The lowest BCUT2D eigenvalue weighted by Crippen LogP contribution is -2.27. The van der Waals surface area contributed by atoms with Gasteiger partial charge in [0.2, 0.25) is 0 Å². The van der Waals surface area contributed by atoms with Crippen LogP contribution in [-0.4, -0.2) is 29.2 Å². The van der Waals surface area contributed by atoms with Gasteiger partial charge in [0.25, 0.3) is 0 Å². The zero-order valence-corrected chi connectivity index (χ0v) is 12.9. The number of esters is 1. The van der Waals surface area contributed by atoms with Crippen molar-refractivity contribution in [3.8, 4) is 0 Å². The molecule has 0 bridgehead atoms. The molecule has 17 heavy (non-hydrogen) atoms. The second kappa shape index (κ2) is 6.01. The zero-order valence-electron chi connectivity index (χ0n) is 11.9. The first-order valence-electron chi connectivity index (χ1n) is 5.83. The normalized spacial score (nSPS) is 16.4. The number of hydrogen-bond donors (Lipinski definition) is 0. The van der Waals surface area contributed by atoms with Crippen LogP contribution < -0.4 is 0 Å². The Kier molecular flexibility index (Phi) is 5.89. The molecular weight excluding hydrogens is 239 g/mol. The Labute approximate surface area is 105 Å². The van der Waals surface area contributed by atoms with E-state index >= 15 is 0 Å². The average molecular weight is 264 g/mol. The Morgan fingerprint density at radius 2 is 1.59 bits per heavy atom. The molecule has 102 valence electrons. The van der Waals surface area contributed by atoms with E-state index in [0.29, 0.717) is 0 Å². The largest absolute Gasteiger partial charge is 0.460 e. The van der Waals surface area contributed by atoms with Gasteiger partial charge in [-0.3, -0.25) is 4.79 Å². The summed E-state index contributed by atoms with van der Waals surface area (Å²) in [5.74, 6) is -0.835. The molecule has 0 saturated heterocycles. The Morgan fingerprint density at radius 1 is 1.12 bits per heavy atom. The molecule has 0 radical (unpaired) electrons. The summed E-state index contributed by atoms with van der Waals surface area (Å²) in [5, 5.41) is 0. The van der Waals surface area contributed by atoms with Crippen molar-refractivity contribution in [2.45, 2.75) is 65.5 Å². The van der Waals surface area contributed by atoms with Gasteiger partial charge in [0, 0.05) is 0 Å². The maximum absolute atomic E-state index is 11.9. The van der Waals surface area contributed by atoms with E-state index in [9.17, 15) is 9.36 Å². The maximum Gasteiger partial charge on any atom is 0.313 e. The van der Waals surface area contributed by atoms with E-state index < -0.39 is 25.2 Å². The van der Waals surface area contributed by atoms with Gasteiger partial charge in [-0.2, -0.15) is 0 Å². The van der Waals surface area contributed by atoms with Crippen LogP contribution in [0, 0.1) is 0 Å². The Hall–Kier alpha value is -0.340. The zero-order chi connectivity index (χ0) is 13.9. The van der Waals surface area contributed by atoms with Crippen molar-refractivity contribution >= 4 is 13.8 Å². The lowest BCUT2D eigenvalue weighted by Gasteiger charge is -2.25. The van der Waals surface area contributed by atoms with Crippen molar-refractivity contribution in [3.05, 3.63) is 0 Å². The van der Waals surface area contributed by atoms with Gasteiger partial charge in [-0.15, -0.1) is 0 Å². The fourth-order valence-electron chi connectivity index (χ4n) is 1.26. The van der Waals surface area contributed by atoms with Gasteiger partial charge in [-0.05, 0) is 48.5 Å². The second-order valence-electron chi connectivity index (χ2n) is 6.10. The summed E-state index contributed by atoms with van der Waals surface area (Å²) in [4.78, 5) is 11.5. The fraction of sp³-hybridized carbons (Fsp3) is 0.917. The van der Waals surface area contributed by atoms with Crippen molar-refractivity contribution < 1.29 is 18.8 Å². The summed E-state index contributed by atoms with van der Waals surface area (Å²) in [6.45, 7) is 12.8. The van der Waals surface area contributed by atoms with E-state index in [-0.39, 0.29) is 11.8 Å². The van der Waals surface area contributed by atoms with Crippen LogP contribution in [0.2, 0.25) is 0 Å². The minimum absolute atomic E-state index is 0.0564. The van der Waals surface area contributed by atoms with E-state index in [1.165, 1.54) is 0 Å². The van der Waals surface area contributed by atoms with Crippen LogP contribution in [0.3, 0.4) is 0 Å². The summed E-state index contributed by atoms with van der Waals surface area (Å²) >= 11 is 0. The second-order valence-corrected chi connectivity index (χ2v) is 8.20. The van der Waals surface area contributed by atoms with Crippen molar-refractivity contribution in [2.75, 3.05) is 6.16 Å². The molecule has 0 aromatic carbocycles. The number of carbonyl (C=O) groups excluding carboxylic acids is 1. The summed E-state index contributed by atoms with van der Waals surface area (Å²) in [5.41, 5.74) is -0.888. The van der Waals surface area contributed by atoms with Crippen LogP contribution >= 0.6 is 7.80 Å². The predicted molar refractivity (Wildman–Crippen MR) is 70.0 cm³/mol. The van der Waals surface area contributed by atoms with Crippen molar-refractivity contribution in [3.63, 3.8) is 0 Å². The monoisotopic (exact) mass is 264 g/mol. The smallest absolute Gasteiger partial charge is 0.313 e. The first-order chi connectivity index (χ1) is 7.41. The molecule has 0 aliphatic carbocycles. The lowest BCUT2D eigenvalue weighted by atomic mass is 10.2. The van der Waals surface area contributed by atoms with Crippen molar-refractivity contribution in [1.82, 2.24) is 0 Å². The third kappa shape index (κ3) is 9.37. The van der Waals surface area contributed by atoms with E-state index in [0.717, 1.165) is 0 Å². The van der Waals surface area contributed by atoms with Crippen molar-refractivity contribution in [1.29, 1.82) is 0 Å². The Balaban J connectivity index is 4.22. The van der Waals surface area contributed by atoms with Gasteiger partial charge in [0.15, 0.2) is 0 Å². The highest BCUT2D eigenvalue weighted by molar-refractivity contribution is 7.46. The summed E-state index contributed by atoms with van der Waals surface area (Å²) < 4.78 is 22.6. The van der Waals surface area contributed by atoms with E-state index in [1.54, 1.807) is 27.7 Å². The molecule has 0 aromatic rings. The maximum atomic E-state index is 11.9. The quantitative estimate of drug-likeness (QED) is 0.578. The molecule has 0 spiro atoms. The molecule has 0 saturated carbocycles. The third-order valence-corrected chi connectivity index (χ3v) is 3.38. The van der Waals surface area contributed by atoms with Crippen LogP contribution in [0.1, 0.15) is 48.5 Å². The molecule has 0 amide bonds. The third-order valence-electron chi connectivity index (χ3n) is 1.72. The molecule has 0 aliphatic heterocycles.